The minimum Gasteiger partial charge on any atom is -0.338 e. The van der Waals surface area contributed by atoms with Gasteiger partial charge < -0.3 is 10.6 Å². The van der Waals surface area contributed by atoms with E-state index in [0.717, 1.165) is 12.1 Å². The Morgan fingerprint density at radius 1 is 1.50 bits per heavy atom. The Morgan fingerprint density at radius 3 is 2.80 bits per heavy atom. The Bertz CT molecular complexity index is 393. The molecule has 6 heteroatoms. The highest BCUT2D eigenvalue weighted by atomic mass is 35.5. The first-order valence-corrected chi connectivity index (χ1v) is 7.98. The Kier molecular flexibility index (Phi) is 7.48. The van der Waals surface area contributed by atoms with Crippen LogP contribution < -0.4 is 5.73 Å². The summed E-state index contributed by atoms with van der Waals surface area (Å²) in [5.74, 6) is 0.680. The van der Waals surface area contributed by atoms with Crippen molar-refractivity contribution in [2.75, 3.05) is 7.05 Å². The molecule has 1 aromatic heterocycles. The summed E-state index contributed by atoms with van der Waals surface area (Å²) in [5.41, 5.74) is 8.79. The number of hydrogen-bond acceptors (Lipinski definition) is 4. The summed E-state index contributed by atoms with van der Waals surface area (Å²) in [5, 5.41) is 1.97. The molecule has 20 heavy (non-hydrogen) atoms. The van der Waals surface area contributed by atoms with Crippen LogP contribution in [0, 0.1) is 5.92 Å². The van der Waals surface area contributed by atoms with Gasteiger partial charge >= 0.3 is 0 Å². The number of nitrogens with two attached hydrogens (primary N) is 1. The van der Waals surface area contributed by atoms with Crippen molar-refractivity contribution in [1.82, 2.24) is 9.88 Å². The molecule has 1 amide bonds. The van der Waals surface area contributed by atoms with Gasteiger partial charge in [0.1, 0.15) is 0 Å². The zero-order valence-corrected chi connectivity index (χ0v) is 13.6. The number of amides is 1. The molecule has 1 unspecified atom stereocenters. The van der Waals surface area contributed by atoms with E-state index in [1.807, 2.05) is 12.4 Å². The van der Waals surface area contributed by atoms with E-state index in [0.29, 0.717) is 12.5 Å². The van der Waals surface area contributed by atoms with Crippen molar-refractivity contribution in [2.45, 2.75) is 51.1 Å². The van der Waals surface area contributed by atoms with E-state index in [4.69, 9.17) is 5.73 Å². The lowest BCUT2D eigenvalue weighted by molar-refractivity contribution is -0.132. The molecule has 4 nitrogen and oxygen atoms in total. The molecule has 0 spiro atoms. The molecule has 0 aromatic carbocycles. The lowest BCUT2D eigenvalue weighted by atomic mass is 9.85. The smallest absolute Gasteiger partial charge is 0.239 e. The molecule has 1 fully saturated rings. The molecule has 1 saturated carbocycles. The molecule has 0 radical (unpaired) electrons. The van der Waals surface area contributed by atoms with Crippen molar-refractivity contribution in [3.05, 3.63) is 16.6 Å². The number of likely N-dealkylation sites (N-methyl/N-ethyl adjacent to an activating group) is 1. The first-order valence-electron chi connectivity index (χ1n) is 7.04. The molecular weight excluding hydrogens is 294 g/mol. The van der Waals surface area contributed by atoms with Crippen LogP contribution in [0.15, 0.2) is 10.9 Å². The van der Waals surface area contributed by atoms with Crippen LogP contribution in [-0.2, 0) is 11.3 Å². The summed E-state index contributed by atoms with van der Waals surface area (Å²) in [7, 11) is 1.81. The lowest BCUT2D eigenvalue weighted by Crippen LogP contribution is -2.42. The number of nitrogens with zero attached hydrogens (tertiary/aromatic N) is 2. The van der Waals surface area contributed by atoms with Gasteiger partial charge in [-0.2, -0.15) is 0 Å². The van der Waals surface area contributed by atoms with Crippen molar-refractivity contribution in [3.8, 4) is 0 Å². The summed E-state index contributed by atoms with van der Waals surface area (Å²) in [6, 6.07) is -0.355. The molecule has 0 aliphatic heterocycles. The minimum atomic E-state index is -0.355. The number of halogens is 1. The van der Waals surface area contributed by atoms with Crippen LogP contribution in [-0.4, -0.2) is 28.9 Å². The fraction of sp³-hybridized carbons (Fsp3) is 0.714. The third-order valence-electron chi connectivity index (χ3n) is 3.89. The second kappa shape index (κ2) is 8.60. The third kappa shape index (κ3) is 5.04. The van der Waals surface area contributed by atoms with E-state index < -0.39 is 0 Å². The molecule has 1 aliphatic rings. The van der Waals surface area contributed by atoms with E-state index in [-0.39, 0.29) is 24.4 Å². The maximum absolute atomic E-state index is 12.2. The van der Waals surface area contributed by atoms with Crippen molar-refractivity contribution in [2.24, 2.45) is 11.7 Å². The minimum absolute atomic E-state index is 0. The van der Waals surface area contributed by atoms with Crippen molar-refractivity contribution in [1.29, 1.82) is 0 Å². The average molecular weight is 318 g/mol. The van der Waals surface area contributed by atoms with E-state index in [2.05, 4.69) is 4.98 Å². The predicted octanol–water partition coefficient (Wildman–Crippen LogP) is 2.82. The fourth-order valence-corrected chi connectivity index (χ4v) is 3.35. The number of hydrogen-bond donors (Lipinski definition) is 1. The number of rotatable bonds is 5. The molecule has 0 bridgehead atoms. The molecular formula is C14H24ClN3OS. The van der Waals surface area contributed by atoms with Gasteiger partial charge in [-0.3, -0.25) is 4.79 Å². The fourth-order valence-electron chi connectivity index (χ4n) is 2.80. The van der Waals surface area contributed by atoms with Gasteiger partial charge in [-0.15, -0.1) is 23.7 Å². The lowest BCUT2D eigenvalue weighted by Gasteiger charge is -2.26. The van der Waals surface area contributed by atoms with Gasteiger partial charge in [0.25, 0.3) is 0 Å². The summed E-state index contributed by atoms with van der Waals surface area (Å²) in [6.45, 7) is 0.556. The van der Waals surface area contributed by atoms with Gasteiger partial charge in [0, 0.05) is 12.4 Å². The predicted molar refractivity (Wildman–Crippen MR) is 85.0 cm³/mol. The quantitative estimate of drug-likeness (QED) is 0.908. The van der Waals surface area contributed by atoms with E-state index in [1.165, 1.54) is 32.1 Å². The number of carbonyl (C=O) groups is 1. The first-order chi connectivity index (χ1) is 9.16. The summed E-state index contributed by atoms with van der Waals surface area (Å²) >= 11 is 1.55. The highest BCUT2D eigenvalue weighted by molar-refractivity contribution is 7.07. The Labute approximate surface area is 131 Å². The summed E-state index contributed by atoms with van der Waals surface area (Å²) in [6.07, 6.45) is 7.22. The van der Waals surface area contributed by atoms with Crippen molar-refractivity contribution < 1.29 is 4.79 Å². The summed E-state index contributed by atoms with van der Waals surface area (Å²) < 4.78 is 0. The zero-order valence-electron chi connectivity index (χ0n) is 12.0. The van der Waals surface area contributed by atoms with E-state index in [9.17, 15) is 4.79 Å². The third-order valence-corrected chi connectivity index (χ3v) is 4.52. The van der Waals surface area contributed by atoms with Crippen molar-refractivity contribution >= 4 is 29.7 Å². The molecule has 1 heterocycles. The normalized spacial score (nSPS) is 17.3. The Hall–Kier alpha value is -0.650. The number of aromatic nitrogens is 1. The maximum Gasteiger partial charge on any atom is 0.239 e. The van der Waals surface area contributed by atoms with Gasteiger partial charge in [-0.1, -0.05) is 32.1 Å². The number of thiazole rings is 1. The van der Waals surface area contributed by atoms with Crippen LogP contribution in [0.25, 0.3) is 0 Å². The Balaban J connectivity index is 0.00000200. The van der Waals surface area contributed by atoms with Gasteiger partial charge in [-0.25, -0.2) is 4.98 Å². The first kappa shape index (κ1) is 17.4. The average Bonchev–Trinajstić information content (AvgIpc) is 2.91. The van der Waals surface area contributed by atoms with Crippen molar-refractivity contribution in [3.63, 3.8) is 0 Å². The van der Waals surface area contributed by atoms with Crippen LogP contribution in [0.3, 0.4) is 0 Å². The molecule has 0 saturated heterocycles. The molecule has 1 aromatic rings. The van der Waals surface area contributed by atoms with Crippen LogP contribution in [0.2, 0.25) is 0 Å². The molecule has 2 rings (SSSR count). The monoisotopic (exact) mass is 317 g/mol. The SMILES string of the molecule is CN(Cc1cscn1)C(=O)C(N)CC1CCCCC1.Cl. The molecule has 1 aliphatic carbocycles. The van der Waals surface area contributed by atoms with Gasteiger partial charge in [0.05, 0.1) is 23.8 Å². The van der Waals surface area contributed by atoms with Gasteiger partial charge in [0.2, 0.25) is 5.91 Å². The second-order valence-electron chi connectivity index (χ2n) is 5.52. The largest absolute Gasteiger partial charge is 0.338 e. The summed E-state index contributed by atoms with van der Waals surface area (Å²) in [4.78, 5) is 18.1. The molecule has 1 atom stereocenters. The second-order valence-corrected chi connectivity index (χ2v) is 6.24. The number of carbonyl (C=O) groups excluding carboxylic acids is 1. The highest BCUT2D eigenvalue weighted by Gasteiger charge is 2.23. The standard InChI is InChI=1S/C14H23N3OS.ClH/c1-17(8-12-9-19-10-16-12)14(18)13(15)7-11-5-3-2-4-6-11;/h9-11,13H,2-8,15H2,1H3;1H. The molecule has 114 valence electrons. The Morgan fingerprint density at radius 2 is 2.20 bits per heavy atom. The van der Waals surface area contributed by atoms with Crippen LogP contribution in [0.1, 0.15) is 44.2 Å². The van der Waals surface area contributed by atoms with Crippen LogP contribution in [0.5, 0.6) is 0 Å². The topological polar surface area (TPSA) is 59.2 Å². The van der Waals surface area contributed by atoms with E-state index in [1.54, 1.807) is 21.7 Å². The highest BCUT2D eigenvalue weighted by Crippen LogP contribution is 2.27. The van der Waals surface area contributed by atoms with Gasteiger partial charge in [-0.05, 0) is 12.3 Å². The van der Waals surface area contributed by atoms with Crippen LogP contribution >= 0.6 is 23.7 Å². The van der Waals surface area contributed by atoms with Gasteiger partial charge in [0.15, 0.2) is 0 Å². The molecule has 2 N–H and O–H groups in total. The zero-order chi connectivity index (χ0) is 13.7. The maximum atomic E-state index is 12.2. The van der Waals surface area contributed by atoms with Crippen LogP contribution in [0.4, 0.5) is 0 Å². The van der Waals surface area contributed by atoms with E-state index >= 15 is 0 Å².